The van der Waals surface area contributed by atoms with E-state index in [1.807, 2.05) is 6.07 Å². The number of aromatic nitrogens is 2. The number of phenolic OH excluding ortho intramolecular Hbond substituents is 1. The van der Waals surface area contributed by atoms with Crippen LogP contribution in [-0.4, -0.2) is 41.8 Å². The molecule has 1 amide bonds. The Kier molecular flexibility index (Phi) is 6.88. The molecule has 0 saturated heterocycles. The summed E-state index contributed by atoms with van der Waals surface area (Å²) in [6.07, 6.45) is -0.693. The van der Waals surface area contributed by atoms with Gasteiger partial charge in [-0.15, -0.1) is 12.4 Å². The van der Waals surface area contributed by atoms with Gasteiger partial charge in [0.25, 0.3) is 5.56 Å². The van der Waals surface area contributed by atoms with E-state index in [0.717, 1.165) is 10.9 Å². The number of amides is 1. The first-order chi connectivity index (χ1) is 17.7. The third-order valence-corrected chi connectivity index (χ3v) is 14.2. The molecule has 2 N–H and O–H groups in total. The highest BCUT2D eigenvalue weighted by molar-refractivity contribution is 6.81. The second-order valence-corrected chi connectivity index (χ2v) is 17.2. The molecular weight excluding hydrogens is 538 g/mol. The number of nitrogens with zero attached hydrogens (tertiary/aromatic N) is 2. The van der Waals surface area contributed by atoms with Gasteiger partial charge in [0.15, 0.2) is 0 Å². The van der Waals surface area contributed by atoms with E-state index in [4.69, 9.17) is 14.5 Å². The number of carbonyl (C=O) groups is 2. The van der Waals surface area contributed by atoms with Crippen LogP contribution in [-0.2, 0) is 26.4 Å². The first-order valence-corrected chi connectivity index (χ1v) is 15.9. The Hall–Kier alpha value is -3.37. The van der Waals surface area contributed by atoms with Crippen LogP contribution in [0.5, 0.6) is 5.75 Å². The van der Waals surface area contributed by atoms with Gasteiger partial charge in [-0.05, 0) is 41.8 Å². The summed E-state index contributed by atoms with van der Waals surface area (Å²) in [6.45, 7) is 12.5. The standard InChI is InChI=1S/C28H33N3O6Si.ClH/c1-8-28(37-26(35)29-5)18-13-20-22-16(11-15-12-17(32)9-10-19(15)30-22)14-31(20)23(33)21(18)24(36-25(28)34)38(6,7)27(2,3)4;/h9-13,24,32H,8,14H2,1-7H3,(H,29,35);1H. The van der Waals surface area contributed by atoms with E-state index in [0.29, 0.717) is 34.6 Å². The third-order valence-electron chi connectivity index (χ3n) is 8.60. The molecule has 0 saturated carbocycles. The van der Waals surface area contributed by atoms with Crippen LogP contribution in [0.25, 0.3) is 22.3 Å². The number of fused-ring (bicyclic) bond motifs is 5. The van der Waals surface area contributed by atoms with Crippen LogP contribution in [0.2, 0.25) is 18.1 Å². The maximum Gasteiger partial charge on any atom is 0.408 e. The highest BCUT2D eigenvalue weighted by atomic mass is 35.5. The van der Waals surface area contributed by atoms with Crippen molar-refractivity contribution in [1.82, 2.24) is 14.9 Å². The summed E-state index contributed by atoms with van der Waals surface area (Å²) in [7, 11) is -1.05. The maximum atomic E-state index is 14.3. The van der Waals surface area contributed by atoms with E-state index in [1.54, 1.807) is 35.8 Å². The van der Waals surface area contributed by atoms with Crippen LogP contribution in [0.15, 0.2) is 35.1 Å². The summed E-state index contributed by atoms with van der Waals surface area (Å²) in [5.74, 6) is -0.537. The summed E-state index contributed by atoms with van der Waals surface area (Å²) in [5.41, 5.74) is 0.645. The number of cyclic esters (lactones) is 1. The minimum Gasteiger partial charge on any atom is -0.508 e. The van der Waals surface area contributed by atoms with Crippen LogP contribution in [0.1, 0.15) is 56.5 Å². The molecule has 208 valence electrons. The predicted molar refractivity (Wildman–Crippen MR) is 153 cm³/mol. The van der Waals surface area contributed by atoms with Crippen LogP contribution in [0.4, 0.5) is 4.79 Å². The van der Waals surface area contributed by atoms with E-state index in [9.17, 15) is 19.5 Å². The first-order valence-electron chi connectivity index (χ1n) is 12.8. The number of carbonyl (C=O) groups excluding carboxylic acids is 2. The fraction of sp³-hybridized carbons (Fsp3) is 0.429. The molecule has 5 rings (SSSR count). The van der Waals surface area contributed by atoms with Gasteiger partial charge in [-0.2, -0.15) is 0 Å². The Bertz CT molecular complexity index is 1580. The highest BCUT2D eigenvalue weighted by Gasteiger charge is 2.58. The average molecular weight is 572 g/mol. The van der Waals surface area contributed by atoms with Crippen LogP contribution in [0, 0.1) is 0 Å². The van der Waals surface area contributed by atoms with Crippen molar-refractivity contribution in [1.29, 1.82) is 0 Å². The lowest BCUT2D eigenvalue weighted by Gasteiger charge is -2.47. The molecule has 2 unspecified atom stereocenters. The summed E-state index contributed by atoms with van der Waals surface area (Å²) < 4.78 is 13.5. The second kappa shape index (κ2) is 9.37. The molecule has 2 aliphatic rings. The van der Waals surface area contributed by atoms with Crippen LogP contribution < -0.4 is 10.9 Å². The van der Waals surface area contributed by atoms with Crippen molar-refractivity contribution in [3.8, 4) is 17.1 Å². The molecule has 3 aromatic rings. The molecule has 0 aliphatic carbocycles. The van der Waals surface area contributed by atoms with Crippen molar-refractivity contribution < 1.29 is 24.2 Å². The molecule has 4 heterocycles. The fourth-order valence-corrected chi connectivity index (χ4v) is 7.50. The van der Waals surface area contributed by atoms with E-state index in [-0.39, 0.29) is 35.2 Å². The average Bonchev–Trinajstić information content (AvgIpc) is 3.21. The summed E-state index contributed by atoms with van der Waals surface area (Å²) >= 11 is 0. The second-order valence-electron chi connectivity index (χ2n) is 11.7. The molecule has 0 fully saturated rings. The molecule has 11 heteroatoms. The van der Waals surface area contributed by atoms with E-state index in [2.05, 4.69) is 39.2 Å². The quantitative estimate of drug-likeness (QED) is 0.257. The number of hydrogen-bond acceptors (Lipinski definition) is 7. The van der Waals surface area contributed by atoms with Gasteiger partial charge in [0.2, 0.25) is 5.60 Å². The Balaban J connectivity index is 0.00000353. The van der Waals surface area contributed by atoms with Crippen LogP contribution in [0.3, 0.4) is 0 Å². The molecule has 0 radical (unpaired) electrons. The monoisotopic (exact) mass is 571 g/mol. The maximum absolute atomic E-state index is 14.3. The number of phenols is 1. The molecule has 9 nitrogen and oxygen atoms in total. The van der Waals surface area contributed by atoms with Crippen molar-refractivity contribution >= 4 is 43.4 Å². The first kappa shape index (κ1) is 28.6. The topological polar surface area (TPSA) is 120 Å². The number of nitrogens with one attached hydrogen (secondary N) is 1. The van der Waals surface area contributed by atoms with E-state index >= 15 is 0 Å². The zero-order chi connectivity index (χ0) is 27.8. The zero-order valence-corrected chi connectivity index (χ0v) is 25.0. The number of alkyl carbamates (subject to hydrolysis) is 1. The van der Waals surface area contributed by atoms with Crippen LogP contribution >= 0.6 is 12.4 Å². The molecule has 0 spiro atoms. The van der Waals surface area contributed by atoms with Crippen molar-refractivity contribution in [2.24, 2.45) is 0 Å². The highest BCUT2D eigenvalue weighted by Crippen LogP contribution is 2.51. The Morgan fingerprint density at radius 3 is 2.56 bits per heavy atom. The SMILES string of the molecule is CCC1(OC(=O)NC)C(=O)OC([Si](C)(C)C(C)(C)C)c2c1cc1n(c2=O)Cc2cc3cc(O)ccc3nc2-1.Cl. The summed E-state index contributed by atoms with van der Waals surface area (Å²) in [5, 5.41) is 12.9. The molecule has 2 aromatic heterocycles. The van der Waals surface area contributed by atoms with Crippen molar-refractivity contribution in [2.45, 2.75) is 70.1 Å². The minimum absolute atomic E-state index is 0. The lowest BCUT2D eigenvalue weighted by Crippen LogP contribution is -2.56. The smallest absolute Gasteiger partial charge is 0.408 e. The van der Waals surface area contributed by atoms with Gasteiger partial charge in [0.1, 0.15) is 19.6 Å². The molecule has 1 aromatic carbocycles. The lowest BCUT2D eigenvalue weighted by atomic mass is 9.85. The van der Waals surface area contributed by atoms with Crippen molar-refractivity contribution in [2.75, 3.05) is 7.05 Å². The number of benzene rings is 1. The fourth-order valence-electron chi connectivity index (χ4n) is 5.31. The Labute approximate surface area is 234 Å². The molecule has 39 heavy (non-hydrogen) atoms. The Morgan fingerprint density at radius 2 is 1.95 bits per heavy atom. The summed E-state index contributed by atoms with van der Waals surface area (Å²) in [6, 6.07) is 8.63. The Morgan fingerprint density at radius 1 is 1.26 bits per heavy atom. The number of hydrogen-bond donors (Lipinski definition) is 2. The number of ether oxygens (including phenoxy) is 2. The number of halogens is 1. The lowest BCUT2D eigenvalue weighted by molar-refractivity contribution is -0.174. The number of esters is 1. The van der Waals surface area contributed by atoms with Gasteiger partial charge in [-0.25, -0.2) is 14.6 Å². The van der Waals surface area contributed by atoms with Gasteiger partial charge in [-0.1, -0.05) is 40.8 Å². The molecular formula is C28H34ClN3O6Si. The van der Waals surface area contributed by atoms with Gasteiger partial charge in [0, 0.05) is 23.6 Å². The van der Waals surface area contributed by atoms with Gasteiger partial charge in [0.05, 0.1) is 29.0 Å². The number of pyridine rings is 2. The predicted octanol–water partition coefficient (Wildman–Crippen LogP) is 5.16. The third kappa shape index (κ3) is 4.12. The molecule has 0 bridgehead atoms. The molecule has 2 aliphatic heterocycles. The van der Waals surface area contributed by atoms with Gasteiger partial charge in [-0.3, -0.25) is 4.79 Å². The zero-order valence-electron chi connectivity index (χ0n) is 23.2. The number of rotatable bonds is 3. The summed E-state index contributed by atoms with van der Waals surface area (Å²) in [4.78, 5) is 45.4. The van der Waals surface area contributed by atoms with E-state index in [1.165, 1.54) is 7.05 Å². The normalized spacial score (nSPS) is 19.9. The van der Waals surface area contributed by atoms with Crippen molar-refractivity contribution in [3.63, 3.8) is 0 Å². The van der Waals surface area contributed by atoms with Gasteiger partial charge >= 0.3 is 12.1 Å². The van der Waals surface area contributed by atoms with E-state index < -0.39 is 31.5 Å². The molecule has 2 atom stereocenters. The van der Waals surface area contributed by atoms with Crippen molar-refractivity contribution in [3.05, 3.63) is 57.4 Å². The van der Waals surface area contributed by atoms with Gasteiger partial charge < -0.3 is 24.5 Å². The number of aromatic hydroxyl groups is 1. The minimum atomic E-state index is -2.47. The largest absolute Gasteiger partial charge is 0.508 e.